The lowest BCUT2D eigenvalue weighted by Gasteiger charge is -2.15. The van der Waals surface area contributed by atoms with Crippen LogP contribution in [-0.2, 0) is 13.6 Å². The van der Waals surface area contributed by atoms with Crippen molar-refractivity contribution in [2.24, 2.45) is 7.05 Å². The molecule has 1 aromatic rings. The number of aryl methyl sites for hydroxylation is 1. The maximum atomic E-state index is 4.08. The molecule has 0 aliphatic rings. The summed E-state index contributed by atoms with van der Waals surface area (Å²) in [7, 11) is 6.11. The van der Waals surface area contributed by atoms with Crippen molar-refractivity contribution in [2.45, 2.75) is 6.54 Å². The SMILES string of the molecule is CNCCN(C)Cc1cncn1C. The molecule has 1 aromatic heterocycles. The van der Waals surface area contributed by atoms with Gasteiger partial charge in [-0.1, -0.05) is 0 Å². The third-order valence-electron chi connectivity index (χ3n) is 2.09. The molecule has 4 nitrogen and oxygen atoms in total. The average Bonchev–Trinajstić information content (AvgIpc) is 2.48. The molecule has 4 heteroatoms. The van der Waals surface area contributed by atoms with Gasteiger partial charge in [0.25, 0.3) is 0 Å². The second-order valence-electron chi connectivity index (χ2n) is 3.34. The number of rotatable bonds is 5. The number of nitrogens with one attached hydrogen (secondary N) is 1. The van der Waals surface area contributed by atoms with E-state index in [1.165, 1.54) is 5.69 Å². The van der Waals surface area contributed by atoms with E-state index in [1.807, 2.05) is 26.6 Å². The summed E-state index contributed by atoms with van der Waals surface area (Å²) in [6.45, 7) is 3.04. The monoisotopic (exact) mass is 182 g/mol. The zero-order valence-electron chi connectivity index (χ0n) is 8.62. The van der Waals surface area contributed by atoms with E-state index in [-0.39, 0.29) is 0 Å². The normalized spacial score (nSPS) is 11.1. The topological polar surface area (TPSA) is 33.1 Å². The Kier molecular flexibility index (Phi) is 3.92. The maximum absolute atomic E-state index is 4.08. The molecule has 0 saturated heterocycles. The number of hydrogen-bond donors (Lipinski definition) is 1. The second kappa shape index (κ2) is 4.99. The Morgan fingerprint density at radius 1 is 1.62 bits per heavy atom. The van der Waals surface area contributed by atoms with Crippen LogP contribution in [0.5, 0.6) is 0 Å². The lowest BCUT2D eigenvalue weighted by Crippen LogP contribution is -2.27. The predicted molar refractivity (Wildman–Crippen MR) is 53.5 cm³/mol. The second-order valence-corrected chi connectivity index (χ2v) is 3.34. The van der Waals surface area contributed by atoms with Gasteiger partial charge in [0.05, 0.1) is 12.0 Å². The van der Waals surface area contributed by atoms with Gasteiger partial charge in [-0.3, -0.25) is 4.90 Å². The van der Waals surface area contributed by atoms with Gasteiger partial charge in [0.1, 0.15) is 0 Å². The van der Waals surface area contributed by atoms with Gasteiger partial charge in [-0.05, 0) is 14.1 Å². The first-order valence-corrected chi connectivity index (χ1v) is 4.52. The van der Waals surface area contributed by atoms with Crippen molar-refractivity contribution in [3.05, 3.63) is 18.2 Å². The maximum Gasteiger partial charge on any atom is 0.0945 e. The molecule has 1 heterocycles. The van der Waals surface area contributed by atoms with E-state index >= 15 is 0 Å². The number of hydrogen-bond acceptors (Lipinski definition) is 3. The van der Waals surface area contributed by atoms with Crippen molar-refractivity contribution in [2.75, 3.05) is 27.2 Å². The van der Waals surface area contributed by atoms with Crippen LogP contribution in [0.2, 0.25) is 0 Å². The summed E-state index contributed by atoms with van der Waals surface area (Å²) in [6.07, 6.45) is 3.75. The van der Waals surface area contributed by atoms with E-state index in [0.29, 0.717) is 0 Å². The highest BCUT2D eigenvalue weighted by Gasteiger charge is 2.02. The van der Waals surface area contributed by atoms with Crippen LogP contribution in [-0.4, -0.2) is 41.6 Å². The number of aromatic nitrogens is 2. The fraction of sp³-hybridized carbons (Fsp3) is 0.667. The summed E-state index contributed by atoms with van der Waals surface area (Å²) in [4.78, 5) is 6.35. The fourth-order valence-electron chi connectivity index (χ4n) is 1.20. The van der Waals surface area contributed by atoms with E-state index in [0.717, 1.165) is 19.6 Å². The summed E-state index contributed by atoms with van der Waals surface area (Å²) in [5.41, 5.74) is 1.25. The quantitative estimate of drug-likeness (QED) is 0.699. The molecule has 0 aromatic carbocycles. The third-order valence-corrected chi connectivity index (χ3v) is 2.09. The summed E-state index contributed by atoms with van der Waals surface area (Å²) < 4.78 is 2.05. The minimum Gasteiger partial charge on any atom is -0.337 e. The number of imidazole rings is 1. The highest BCUT2D eigenvalue weighted by molar-refractivity contribution is 4.96. The minimum absolute atomic E-state index is 0.957. The third kappa shape index (κ3) is 3.16. The molecule has 0 atom stereocenters. The smallest absolute Gasteiger partial charge is 0.0945 e. The van der Waals surface area contributed by atoms with Crippen molar-refractivity contribution < 1.29 is 0 Å². The lowest BCUT2D eigenvalue weighted by atomic mass is 10.4. The Morgan fingerprint density at radius 2 is 2.38 bits per heavy atom. The number of nitrogens with zero attached hydrogens (tertiary/aromatic N) is 3. The Labute approximate surface area is 79.6 Å². The van der Waals surface area contributed by atoms with Crippen LogP contribution in [0.4, 0.5) is 0 Å². The zero-order valence-corrected chi connectivity index (χ0v) is 8.62. The first-order chi connectivity index (χ1) is 6.24. The van der Waals surface area contributed by atoms with Gasteiger partial charge in [-0.25, -0.2) is 4.98 Å². The largest absolute Gasteiger partial charge is 0.337 e. The summed E-state index contributed by atoms with van der Waals surface area (Å²) >= 11 is 0. The van der Waals surface area contributed by atoms with Gasteiger partial charge in [-0.15, -0.1) is 0 Å². The van der Waals surface area contributed by atoms with E-state index in [1.54, 1.807) is 0 Å². The molecule has 0 saturated carbocycles. The van der Waals surface area contributed by atoms with Crippen LogP contribution >= 0.6 is 0 Å². The van der Waals surface area contributed by atoms with Crippen LogP contribution < -0.4 is 5.32 Å². The van der Waals surface area contributed by atoms with Crippen molar-refractivity contribution in [1.29, 1.82) is 0 Å². The van der Waals surface area contributed by atoms with Gasteiger partial charge in [0.2, 0.25) is 0 Å². The van der Waals surface area contributed by atoms with Gasteiger partial charge in [0, 0.05) is 32.9 Å². The van der Waals surface area contributed by atoms with E-state index < -0.39 is 0 Å². The molecule has 0 fully saturated rings. The Bertz CT molecular complexity index is 244. The van der Waals surface area contributed by atoms with Gasteiger partial charge in [0.15, 0.2) is 0 Å². The Balaban J connectivity index is 2.36. The van der Waals surface area contributed by atoms with Crippen molar-refractivity contribution >= 4 is 0 Å². The van der Waals surface area contributed by atoms with Crippen LogP contribution in [0.3, 0.4) is 0 Å². The zero-order chi connectivity index (χ0) is 9.68. The molecule has 1 N–H and O–H groups in total. The first-order valence-electron chi connectivity index (χ1n) is 4.52. The molecule has 0 spiro atoms. The lowest BCUT2D eigenvalue weighted by molar-refractivity contribution is 0.320. The highest BCUT2D eigenvalue weighted by Crippen LogP contribution is 1.99. The molecule has 1 rings (SSSR count). The molecule has 0 aliphatic carbocycles. The molecule has 0 aliphatic heterocycles. The van der Waals surface area contributed by atoms with Crippen LogP contribution in [0.25, 0.3) is 0 Å². The minimum atomic E-state index is 0.957. The van der Waals surface area contributed by atoms with E-state index in [9.17, 15) is 0 Å². The average molecular weight is 182 g/mol. The molecule has 0 radical (unpaired) electrons. The number of likely N-dealkylation sites (N-methyl/N-ethyl adjacent to an activating group) is 2. The molecule has 13 heavy (non-hydrogen) atoms. The highest BCUT2D eigenvalue weighted by atomic mass is 15.1. The molecule has 0 unspecified atom stereocenters. The van der Waals surface area contributed by atoms with Gasteiger partial charge < -0.3 is 9.88 Å². The standard InChI is InChI=1S/C9H18N4/c1-10-4-5-12(2)7-9-6-11-8-13(9)3/h6,8,10H,4-5,7H2,1-3H3. The summed E-state index contributed by atoms with van der Waals surface area (Å²) in [5.74, 6) is 0. The predicted octanol–water partition coefficient (Wildman–Crippen LogP) is 0.0713. The molecule has 74 valence electrons. The van der Waals surface area contributed by atoms with E-state index in [4.69, 9.17) is 0 Å². The molecular weight excluding hydrogens is 164 g/mol. The van der Waals surface area contributed by atoms with Crippen LogP contribution in [0, 0.1) is 0 Å². The fourth-order valence-corrected chi connectivity index (χ4v) is 1.20. The van der Waals surface area contributed by atoms with Crippen molar-refractivity contribution in [1.82, 2.24) is 19.8 Å². The van der Waals surface area contributed by atoms with Crippen LogP contribution in [0.15, 0.2) is 12.5 Å². The van der Waals surface area contributed by atoms with Gasteiger partial charge >= 0.3 is 0 Å². The molecule has 0 amide bonds. The van der Waals surface area contributed by atoms with Crippen molar-refractivity contribution in [3.8, 4) is 0 Å². The Morgan fingerprint density at radius 3 is 2.92 bits per heavy atom. The Hall–Kier alpha value is -0.870. The molecule has 0 bridgehead atoms. The first kappa shape index (κ1) is 10.2. The van der Waals surface area contributed by atoms with Crippen molar-refractivity contribution in [3.63, 3.8) is 0 Å². The summed E-state index contributed by atoms with van der Waals surface area (Å²) in [5, 5.41) is 3.13. The molecular formula is C9H18N4. The summed E-state index contributed by atoms with van der Waals surface area (Å²) in [6, 6.07) is 0. The van der Waals surface area contributed by atoms with E-state index in [2.05, 4.69) is 26.8 Å². The van der Waals surface area contributed by atoms with Gasteiger partial charge in [-0.2, -0.15) is 0 Å². The van der Waals surface area contributed by atoms with Crippen LogP contribution in [0.1, 0.15) is 5.69 Å².